The molecule has 0 spiro atoms. The first kappa shape index (κ1) is 28.3. The van der Waals surface area contributed by atoms with Gasteiger partial charge in [-0.25, -0.2) is 8.42 Å². The Morgan fingerprint density at radius 3 is 2.23 bits per heavy atom. The van der Waals surface area contributed by atoms with Crippen molar-refractivity contribution in [1.82, 2.24) is 4.90 Å². The Morgan fingerprint density at radius 1 is 0.825 bits per heavy atom. The minimum Gasteiger partial charge on any atom is -0.508 e. The van der Waals surface area contributed by atoms with E-state index in [-0.39, 0.29) is 23.4 Å². The number of fused-ring (bicyclic) bond motifs is 1. The molecular formula is C32H34ClNO5S. The second-order valence-electron chi connectivity index (χ2n) is 10.4. The Hall–Kier alpha value is -3.26. The number of aromatic hydroxyl groups is 1. The maximum Gasteiger partial charge on any atom is 0.181 e. The number of benzene rings is 4. The highest BCUT2D eigenvalue weighted by molar-refractivity contribution is 7.92. The molecule has 1 aliphatic heterocycles. The lowest BCUT2D eigenvalue weighted by Crippen LogP contribution is -2.33. The molecular weight excluding hydrogens is 546 g/mol. The molecule has 1 saturated heterocycles. The number of piperidine rings is 1. The molecule has 8 heteroatoms. The van der Waals surface area contributed by atoms with E-state index in [1.807, 2.05) is 54.6 Å². The number of halogens is 1. The zero-order valence-electron chi connectivity index (χ0n) is 22.3. The van der Waals surface area contributed by atoms with Crippen LogP contribution in [0.15, 0.2) is 83.8 Å². The fourth-order valence-corrected chi connectivity index (χ4v) is 6.88. The summed E-state index contributed by atoms with van der Waals surface area (Å²) in [5.74, 6) is 2.29. The van der Waals surface area contributed by atoms with Gasteiger partial charge in [0.1, 0.15) is 29.6 Å². The van der Waals surface area contributed by atoms with E-state index in [9.17, 15) is 13.5 Å². The number of phenolic OH excluding ortho intramolecular Hbond substituents is 1. The molecule has 1 saturated carbocycles. The Morgan fingerprint density at radius 2 is 1.52 bits per heavy atom. The van der Waals surface area contributed by atoms with E-state index in [4.69, 9.17) is 9.47 Å². The van der Waals surface area contributed by atoms with Crippen molar-refractivity contribution in [1.29, 1.82) is 0 Å². The quantitative estimate of drug-likeness (QED) is 0.225. The highest BCUT2D eigenvalue weighted by Gasteiger charge is 2.36. The first-order valence-corrected chi connectivity index (χ1v) is 15.3. The zero-order chi connectivity index (χ0) is 26.8. The van der Waals surface area contributed by atoms with Crippen LogP contribution >= 0.6 is 12.4 Å². The average molecular weight is 580 g/mol. The lowest BCUT2D eigenvalue weighted by molar-refractivity contribution is 0.183. The van der Waals surface area contributed by atoms with Crippen molar-refractivity contribution >= 4 is 33.0 Å². The molecule has 1 heterocycles. The number of phenols is 1. The molecule has 0 aromatic heterocycles. The summed E-state index contributed by atoms with van der Waals surface area (Å²) in [6, 6.07) is 23.7. The van der Waals surface area contributed by atoms with Crippen molar-refractivity contribution in [2.24, 2.45) is 0 Å². The van der Waals surface area contributed by atoms with Crippen LogP contribution in [0.5, 0.6) is 23.0 Å². The van der Waals surface area contributed by atoms with Gasteiger partial charge in [-0.2, -0.15) is 0 Å². The lowest BCUT2D eigenvalue weighted by Gasteiger charge is -2.26. The Labute approximate surface area is 241 Å². The van der Waals surface area contributed by atoms with Gasteiger partial charge in [0.25, 0.3) is 0 Å². The third-order valence-electron chi connectivity index (χ3n) is 7.58. The molecule has 0 unspecified atom stereocenters. The van der Waals surface area contributed by atoms with Gasteiger partial charge in [-0.05, 0) is 110 Å². The van der Waals surface area contributed by atoms with E-state index >= 15 is 0 Å². The van der Waals surface area contributed by atoms with Gasteiger partial charge in [0, 0.05) is 17.5 Å². The molecule has 40 heavy (non-hydrogen) atoms. The van der Waals surface area contributed by atoms with Gasteiger partial charge in [0.2, 0.25) is 0 Å². The molecule has 6 rings (SSSR count). The predicted molar refractivity (Wildman–Crippen MR) is 161 cm³/mol. The van der Waals surface area contributed by atoms with Crippen molar-refractivity contribution in [2.75, 3.05) is 26.2 Å². The standard InChI is InChI=1S/C32H33NO5S.ClH/c34-25-7-17-31-24(22-25)6-16-30(23-4-12-28(13-5-23)39(35,36)29-14-15-29)32(31)38-27-10-8-26(9-11-27)37-21-20-33-18-2-1-3-19-33;/h4-13,16-17,22,29,34H,1-3,14-15,18-21H2;1H. The smallest absolute Gasteiger partial charge is 0.181 e. The SMILES string of the molecule is Cl.O=S(=O)(c1ccc(-c2ccc3cc(O)ccc3c2Oc2ccc(OCCN3CCCCC3)cc2)cc1)C1CC1. The molecule has 210 valence electrons. The molecule has 4 aromatic carbocycles. The molecule has 6 nitrogen and oxygen atoms in total. The van der Waals surface area contributed by atoms with Crippen molar-refractivity contribution in [3.63, 3.8) is 0 Å². The number of hydrogen-bond donors (Lipinski definition) is 1. The van der Waals surface area contributed by atoms with Gasteiger partial charge in [-0.15, -0.1) is 12.4 Å². The topological polar surface area (TPSA) is 76.1 Å². The predicted octanol–water partition coefficient (Wildman–Crippen LogP) is 7.23. The van der Waals surface area contributed by atoms with Gasteiger partial charge in [-0.1, -0.05) is 24.6 Å². The van der Waals surface area contributed by atoms with Crippen LogP contribution in [-0.4, -0.2) is 49.9 Å². The Kier molecular flexibility index (Phi) is 8.54. The van der Waals surface area contributed by atoms with Crippen LogP contribution in [0.4, 0.5) is 0 Å². The Balaban J connectivity index is 0.00000323. The minimum absolute atomic E-state index is 0. The molecule has 2 fully saturated rings. The third-order valence-corrected chi connectivity index (χ3v) is 9.86. The average Bonchev–Trinajstić information content (AvgIpc) is 3.81. The van der Waals surface area contributed by atoms with Gasteiger partial charge in [-0.3, -0.25) is 4.90 Å². The van der Waals surface area contributed by atoms with Gasteiger partial charge < -0.3 is 14.6 Å². The summed E-state index contributed by atoms with van der Waals surface area (Å²) in [4.78, 5) is 2.81. The van der Waals surface area contributed by atoms with Crippen molar-refractivity contribution < 1.29 is 23.0 Å². The summed E-state index contributed by atoms with van der Waals surface area (Å²) in [6.45, 7) is 3.90. The van der Waals surface area contributed by atoms with E-state index in [0.29, 0.717) is 23.0 Å². The summed E-state index contributed by atoms with van der Waals surface area (Å²) >= 11 is 0. The second kappa shape index (κ2) is 12.1. The summed E-state index contributed by atoms with van der Waals surface area (Å²) in [5, 5.41) is 11.5. The first-order chi connectivity index (χ1) is 19.0. The van der Waals surface area contributed by atoms with E-state index < -0.39 is 9.84 Å². The number of ether oxygens (including phenoxy) is 2. The number of sulfone groups is 1. The van der Waals surface area contributed by atoms with Gasteiger partial charge in [0.05, 0.1) is 10.1 Å². The van der Waals surface area contributed by atoms with E-state index in [0.717, 1.165) is 60.1 Å². The van der Waals surface area contributed by atoms with E-state index in [1.54, 1.807) is 24.3 Å². The van der Waals surface area contributed by atoms with Crippen LogP contribution in [0.1, 0.15) is 32.1 Å². The van der Waals surface area contributed by atoms with Gasteiger partial charge >= 0.3 is 0 Å². The van der Waals surface area contributed by atoms with Crippen molar-refractivity contribution in [2.45, 2.75) is 42.2 Å². The van der Waals surface area contributed by atoms with Crippen LogP contribution < -0.4 is 9.47 Å². The van der Waals surface area contributed by atoms with Crippen molar-refractivity contribution in [3.8, 4) is 34.1 Å². The monoisotopic (exact) mass is 579 g/mol. The van der Waals surface area contributed by atoms with Crippen LogP contribution in [0.2, 0.25) is 0 Å². The lowest BCUT2D eigenvalue weighted by atomic mass is 9.99. The summed E-state index contributed by atoms with van der Waals surface area (Å²) in [6.07, 6.45) is 5.34. The first-order valence-electron chi connectivity index (χ1n) is 13.7. The van der Waals surface area contributed by atoms with Crippen molar-refractivity contribution in [3.05, 3.63) is 78.9 Å². The van der Waals surface area contributed by atoms with Crippen LogP contribution in [0.25, 0.3) is 21.9 Å². The van der Waals surface area contributed by atoms with Gasteiger partial charge in [0.15, 0.2) is 9.84 Å². The summed E-state index contributed by atoms with van der Waals surface area (Å²) in [5.41, 5.74) is 1.69. The number of likely N-dealkylation sites (tertiary alicyclic amines) is 1. The maximum atomic E-state index is 12.7. The minimum atomic E-state index is -3.25. The van der Waals surface area contributed by atoms with Crippen LogP contribution in [0.3, 0.4) is 0 Å². The summed E-state index contributed by atoms with van der Waals surface area (Å²) < 4.78 is 37.8. The molecule has 1 N–H and O–H groups in total. The number of nitrogens with zero attached hydrogens (tertiary/aromatic N) is 1. The van der Waals surface area contributed by atoms with E-state index in [1.165, 1.54) is 19.3 Å². The number of rotatable bonds is 9. The van der Waals surface area contributed by atoms with Crippen LogP contribution in [-0.2, 0) is 9.84 Å². The molecule has 0 atom stereocenters. The Bertz CT molecular complexity index is 1560. The molecule has 1 aliphatic carbocycles. The molecule has 0 bridgehead atoms. The maximum absolute atomic E-state index is 12.7. The highest BCUT2D eigenvalue weighted by atomic mass is 35.5. The van der Waals surface area contributed by atoms with E-state index in [2.05, 4.69) is 4.90 Å². The fraction of sp³-hybridized carbons (Fsp3) is 0.312. The molecule has 2 aliphatic rings. The molecule has 0 amide bonds. The highest BCUT2D eigenvalue weighted by Crippen LogP contribution is 2.41. The summed E-state index contributed by atoms with van der Waals surface area (Å²) in [7, 11) is -3.25. The third kappa shape index (κ3) is 6.22. The van der Waals surface area contributed by atoms with Crippen LogP contribution in [0, 0.1) is 0 Å². The largest absolute Gasteiger partial charge is 0.508 e. The fourth-order valence-electron chi connectivity index (χ4n) is 5.22. The normalized spacial score (nSPS) is 15.9. The number of hydrogen-bond acceptors (Lipinski definition) is 6. The molecule has 4 aromatic rings. The zero-order valence-corrected chi connectivity index (χ0v) is 23.9. The molecule has 0 radical (unpaired) electrons. The second-order valence-corrected chi connectivity index (χ2v) is 12.7.